The van der Waals surface area contributed by atoms with E-state index < -0.39 is 6.04 Å². The van der Waals surface area contributed by atoms with E-state index >= 15 is 0 Å². The molecular formula is C12H17N2O3Y-. The molecule has 1 aliphatic rings. The molecule has 97 valence electrons. The van der Waals surface area contributed by atoms with Gasteiger partial charge in [-0.1, -0.05) is 12.5 Å². The summed E-state index contributed by atoms with van der Waals surface area (Å²) in [6, 6.07) is -0.912. The molecule has 1 heterocycles. The monoisotopic (exact) mass is 326 g/mol. The maximum Gasteiger partial charge on any atom is 0.148 e. The van der Waals surface area contributed by atoms with Crippen molar-refractivity contribution in [2.24, 2.45) is 0 Å². The Labute approximate surface area is 133 Å². The molecule has 1 rings (SSSR count). The molecule has 1 aliphatic heterocycles. The van der Waals surface area contributed by atoms with Crippen molar-refractivity contribution in [2.75, 3.05) is 7.05 Å². The maximum absolute atomic E-state index is 11.5. The molecule has 0 saturated carbocycles. The number of terminal acetylenes is 1. The topological polar surface area (TPSA) is 58.6 Å². The van der Waals surface area contributed by atoms with E-state index in [1.54, 1.807) is 6.92 Å². The van der Waals surface area contributed by atoms with E-state index in [2.05, 4.69) is 10.3 Å². The van der Waals surface area contributed by atoms with Gasteiger partial charge in [-0.25, -0.2) is 0 Å². The van der Waals surface area contributed by atoms with Gasteiger partial charge in [0, 0.05) is 38.8 Å². The first kappa shape index (κ1) is 17.7. The first-order valence-corrected chi connectivity index (χ1v) is 5.42. The van der Waals surface area contributed by atoms with Gasteiger partial charge in [0.2, 0.25) is 0 Å². The number of carbonyl (C=O) groups excluding carboxylic acids is 2. The predicted molar refractivity (Wildman–Crippen MR) is 62.5 cm³/mol. The standard InChI is InChI=1S/C12H17N2O3.Y/c1-5-17-13-12(9(3)16)11-7-6-10(8(2)15)14(11)4;/h1,7,10-13H,6H2,2-4H3;/q-1;/t10-,11-,12?;/m1./s1. The van der Waals surface area contributed by atoms with E-state index in [1.807, 2.05) is 24.5 Å². The predicted octanol–water partition coefficient (Wildman–Crippen LogP) is -0.0806. The van der Waals surface area contributed by atoms with Gasteiger partial charge >= 0.3 is 0 Å². The van der Waals surface area contributed by atoms with Gasteiger partial charge in [-0.2, -0.15) is 6.42 Å². The minimum absolute atomic E-state index is 0. The Morgan fingerprint density at radius 3 is 2.56 bits per heavy atom. The molecule has 6 heteroatoms. The fourth-order valence-corrected chi connectivity index (χ4v) is 2.12. The molecule has 5 nitrogen and oxygen atoms in total. The maximum atomic E-state index is 11.5. The normalized spacial score (nSPS) is 24.8. The molecular weight excluding hydrogens is 309 g/mol. The van der Waals surface area contributed by atoms with Crippen LogP contribution in [0.15, 0.2) is 0 Å². The molecule has 18 heavy (non-hydrogen) atoms. The van der Waals surface area contributed by atoms with Crippen molar-refractivity contribution in [1.29, 1.82) is 0 Å². The van der Waals surface area contributed by atoms with Gasteiger partial charge in [0.25, 0.3) is 0 Å². The van der Waals surface area contributed by atoms with Crippen molar-refractivity contribution in [3.05, 3.63) is 6.42 Å². The summed E-state index contributed by atoms with van der Waals surface area (Å²) in [7, 11) is 1.81. The summed E-state index contributed by atoms with van der Waals surface area (Å²) in [6.45, 7) is 3.01. The van der Waals surface area contributed by atoms with Crippen molar-refractivity contribution in [1.82, 2.24) is 10.4 Å². The van der Waals surface area contributed by atoms with Crippen LogP contribution < -0.4 is 5.48 Å². The number of hydrogen-bond acceptors (Lipinski definition) is 5. The summed E-state index contributed by atoms with van der Waals surface area (Å²) >= 11 is 0. The van der Waals surface area contributed by atoms with Crippen molar-refractivity contribution >= 4 is 11.6 Å². The third-order valence-corrected chi connectivity index (χ3v) is 3.06. The number of likely N-dealkylation sites (tertiary alicyclic amines) is 1. The number of ketones is 2. The Balaban J connectivity index is 0.00000289. The Hall–Kier alpha value is -0.276. The Kier molecular flexibility index (Phi) is 7.88. The molecule has 0 aromatic heterocycles. The third-order valence-electron chi connectivity index (χ3n) is 3.06. The molecule has 1 radical (unpaired) electrons. The third kappa shape index (κ3) is 4.13. The van der Waals surface area contributed by atoms with Gasteiger partial charge < -0.3 is 16.2 Å². The van der Waals surface area contributed by atoms with E-state index in [-0.39, 0.29) is 56.4 Å². The number of likely N-dealkylation sites (N-methyl/N-ethyl adjacent to an activating group) is 1. The minimum atomic E-state index is -0.555. The zero-order valence-electron chi connectivity index (χ0n) is 10.8. The second kappa shape index (κ2) is 8.01. The number of hydroxylamine groups is 1. The SMILES string of the molecule is C#CONC(C(C)=O)[C@H]1[CH-]C[C@H](C(C)=O)N1C.[Y]. The molecule has 1 saturated heterocycles. The molecule has 0 aromatic carbocycles. The molecule has 0 aromatic rings. The molecule has 1 fully saturated rings. The summed E-state index contributed by atoms with van der Waals surface area (Å²) in [4.78, 5) is 29.4. The fourth-order valence-electron chi connectivity index (χ4n) is 2.12. The van der Waals surface area contributed by atoms with Gasteiger partial charge in [0.1, 0.15) is 17.7 Å². The number of rotatable bonds is 5. The van der Waals surface area contributed by atoms with E-state index in [1.165, 1.54) is 6.92 Å². The van der Waals surface area contributed by atoms with Crippen LogP contribution in [0.5, 0.6) is 0 Å². The summed E-state index contributed by atoms with van der Waals surface area (Å²) in [5.41, 5.74) is 2.53. The molecule has 1 unspecified atom stereocenters. The second-order valence-corrected chi connectivity index (χ2v) is 4.18. The van der Waals surface area contributed by atoms with Crippen LogP contribution in [-0.4, -0.2) is 41.6 Å². The van der Waals surface area contributed by atoms with E-state index in [4.69, 9.17) is 6.42 Å². The smallest absolute Gasteiger partial charge is 0.148 e. The largest absolute Gasteiger partial charge is 0.356 e. The number of nitrogens with zero attached hydrogens (tertiary/aromatic N) is 1. The summed E-state index contributed by atoms with van der Waals surface area (Å²) < 4.78 is 0. The van der Waals surface area contributed by atoms with Crippen molar-refractivity contribution in [3.63, 3.8) is 0 Å². The Morgan fingerprint density at radius 1 is 1.56 bits per heavy atom. The average molecular weight is 326 g/mol. The second-order valence-electron chi connectivity index (χ2n) is 4.18. The molecule has 3 atom stereocenters. The molecule has 1 N–H and O–H groups in total. The number of carbonyl (C=O) groups is 2. The molecule has 0 amide bonds. The summed E-state index contributed by atoms with van der Waals surface area (Å²) in [6.07, 6.45) is 9.50. The van der Waals surface area contributed by atoms with E-state index in [9.17, 15) is 9.59 Å². The van der Waals surface area contributed by atoms with Crippen LogP contribution in [0.4, 0.5) is 0 Å². The van der Waals surface area contributed by atoms with Gasteiger partial charge in [0.05, 0.1) is 6.04 Å². The van der Waals surface area contributed by atoms with Crippen LogP contribution >= 0.6 is 0 Å². The van der Waals surface area contributed by atoms with Gasteiger partial charge in [-0.05, 0) is 20.9 Å². The van der Waals surface area contributed by atoms with Crippen LogP contribution in [0.1, 0.15) is 20.3 Å². The molecule has 0 aliphatic carbocycles. The van der Waals surface area contributed by atoms with Crippen LogP contribution in [-0.2, 0) is 47.1 Å². The van der Waals surface area contributed by atoms with Gasteiger partial charge in [-0.3, -0.25) is 9.59 Å². The Morgan fingerprint density at radius 2 is 2.17 bits per heavy atom. The molecule has 0 spiro atoms. The quantitative estimate of drug-likeness (QED) is 0.435. The number of Topliss-reactive ketones (excluding diaryl/α,β-unsaturated/α-hetero) is 2. The molecule has 0 bridgehead atoms. The van der Waals surface area contributed by atoms with Gasteiger partial charge in [0.15, 0.2) is 0 Å². The minimum Gasteiger partial charge on any atom is -0.356 e. The van der Waals surface area contributed by atoms with Crippen LogP contribution in [0, 0.1) is 19.0 Å². The van der Waals surface area contributed by atoms with Crippen LogP contribution in [0.2, 0.25) is 0 Å². The average Bonchev–Trinajstić information content (AvgIpc) is 2.61. The van der Waals surface area contributed by atoms with Gasteiger partial charge in [-0.15, -0.1) is 5.48 Å². The van der Waals surface area contributed by atoms with Crippen LogP contribution in [0.25, 0.3) is 0 Å². The number of hydrogen-bond donors (Lipinski definition) is 1. The Bertz CT molecular complexity index is 354. The van der Waals surface area contributed by atoms with Crippen molar-refractivity contribution < 1.29 is 47.1 Å². The van der Waals surface area contributed by atoms with E-state index in [0.29, 0.717) is 6.42 Å². The van der Waals surface area contributed by atoms with Crippen molar-refractivity contribution in [3.8, 4) is 12.5 Å². The zero-order chi connectivity index (χ0) is 13.0. The number of nitrogens with one attached hydrogen (secondary N) is 1. The summed E-state index contributed by atoms with van der Waals surface area (Å²) in [5, 5.41) is 0. The first-order chi connectivity index (χ1) is 7.99. The van der Waals surface area contributed by atoms with E-state index in [0.717, 1.165) is 0 Å². The first-order valence-electron chi connectivity index (χ1n) is 5.42. The van der Waals surface area contributed by atoms with Crippen LogP contribution in [0.3, 0.4) is 0 Å². The zero-order valence-corrected chi connectivity index (χ0v) is 13.7. The summed E-state index contributed by atoms with van der Waals surface area (Å²) in [5.74, 6) is 0.00368. The fraction of sp³-hybridized carbons (Fsp3) is 0.583. The van der Waals surface area contributed by atoms with Crippen molar-refractivity contribution in [2.45, 2.75) is 38.4 Å².